The first-order valence-corrected chi connectivity index (χ1v) is 13.3. The van der Waals surface area contributed by atoms with Gasteiger partial charge in [-0.25, -0.2) is 18.7 Å². The molecule has 4 heterocycles. The smallest absolute Gasteiger partial charge is 0.266 e. The highest BCUT2D eigenvalue weighted by molar-refractivity contribution is 5.95. The van der Waals surface area contributed by atoms with Crippen molar-refractivity contribution in [2.24, 2.45) is 0 Å². The number of aliphatic hydroxyl groups excluding tert-OH is 1. The van der Waals surface area contributed by atoms with Crippen LogP contribution in [0.1, 0.15) is 61.3 Å². The van der Waals surface area contributed by atoms with Gasteiger partial charge in [-0.05, 0) is 42.6 Å². The Morgan fingerprint density at radius 2 is 2.00 bits per heavy atom. The van der Waals surface area contributed by atoms with Crippen LogP contribution in [0, 0.1) is 11.6 Å². The standard InChI is InChI=1S/C27H32F2N8O3/c1-16(2)25-33-27(34-40-25)36-10-7-18(8-11-36)37-14-20(29)22-23(30-15-31-24(22)37)32-21-6-5-17(13-19(21)28)26(39)35(3)9-4-12-38/h5-6,13-16,18,38H,4,7-12H2,1-3H3,(H,30,31,32). The summed E-state index contributed by atoms with van der Waals surface area (Å²) in [4.78, 5) is 29.0. The monoisotopic (exact) mass is 554 g/mol. The van der Waals surface area contributed by atoms with E-state index in [0.29, 0.717) is 43.5 Å². The third-order valence-corrected chi connectivity index (χ3v) is 7.10. The molecule has 0 bridgehead atoms. The van der Waals surface area contributed by atoms with Crippen molar-refractivity contribution >= 4 is 34.4 Å². The quantitative estimate of drug-likeness (QED) is 0.312. The van der Waals surface area contributed by atoms with Crippen LogP contribution in [0.15, 0.2) is 35.2 Å². The zero-order valence-electron chi connectivity index (χ0n) is 22.6. The Balaban J connectivity index is 1.32. The minimum absolute atomic E-state index is 0.00711. The van der Waals surface area contributed by atoms with E-state index >= 15 is 4.39 Å². The molecule has 1 amide bonds. The lowest BCUT2D eigenvalue weighted by molar-refractivity contribution is 0.0786. The predicted molar refractivity (Wildman–Crippen MR) is 145 cm³/mol. The molecule has 1 aromatic carbocycles. The number of benzene rings is 1. The Morgan fingerprint density at radius 1 is 1.23 bits per heavy atom. The normalized spacial score (nSPS) is 14.3. The fourth-order valence-corrected chi connectivity index (χ4v) is 4.85. The topological polar surface area (TPSA) is 125 Å². The van der Waals surface area contributed by atoms with E-state index in [-0.39, 0.29) is 46.9 Å². The van der Waals surface area contributed by atoms with E-state index in [1.54, 1.807) is 7.05 Å². The zero-order valence-corrected chi connectivity index (χ0v) is 22.6. The molecule has 5 rings (SSSR count). The number of rotatable bonds is 9. The average molecular weight is 555 g/mol. The number of aromatic nitrogens is 5. The average Bonchev–Trinajstić information content (AvgIpc) is 3.58. The Bertz CT molecular complexity index is 1500. The van der Waals surface area contributed by atoms with Gasteiger partial charge in [0.15, 0.2) is 5.82 Å². The number of aliphatic hydroxyl groups is 1. The summed E-state index contributed by atoms with van der Waals surface area (Å²) in [7, 11) is 1.59. The van der Waals surface area contributed by atoms with E-state index in [0.717, 1.165) is 18.9 Å². The van der Waals surface area contributed by atoms with E-state index in [1.807, 2.05) is 18.4 Å². The van der Waals surface area contributed by atoms with Gasteiger partial charge >= 0.3 is 0 Å². The maximum Gasteiger partial charge on any atom is 0.266 e. The van der Waals surface area contributed by atoms with Crippen LogP contribution in [-0.4, -0.2) is 73.9 Å². The molecule has 1 aliphatic rings. The van der Waals surface area contributed by atoms with Crippen LogP contribution in [0.3, 0.4) is 0 Å². The maximum absolute atomic E-state index is 15.3. The summed E-state index contributed by atoms with van der Waals surface area (Å²) in [5.74, 6) is -0.127. The Kier molecular flexibility index (Phi) is 7.92. The lowest BCUT2D eigenvalue weighted by Crippen LogP contribution is -2.35. The molecule has 0 radical (unpaired) electrons. The molecular weight excluding hydrogens is 522 g/mol. The largest absolute Gasteiger partial charge is 0.396 e. The van der Waals surface area contributed by atoms with Gasteiger partial charge in [0.05, 0.1) is 11.1 Å². The number of amides is 1. The van der Waals surface area contributed by atoms with Crippen LogP contribution in [0.2, 0.25) is 0 Å². The van der Waals surface area contributed by atoms with Crippen molar-refractivity contribution in [2.75, 3.05) is 43.5 Å². The number of hydrogen-bond donors (Lipinski definition) is 2. The lowest BCUT2D eigenvalue weighted by atomic mass is 10.1. The summed E-state index contributed by atoms with van der Waals surface area (Å²) in [5, 5.41) is 16.1. The van der Waals surface area contributed by atoms with Crippen molar-refractivity contribution in [1.82, 2.24) is 29.6 Å². The van der Waals surface area contributed by atoms with E-state index in [2.05, 4.69) is 30.3 Å². The number of anilines is 3. The van der Waals surface area contributed by atoms with Gasteiger partial charge in [-0.15, -0.1) is 0 Å². The minimum Gasteiger partial charge on any atom is -0.396 e. The molecule has 3 aromatic heterocycles. The molecular formula is C27H32F2N8O3. The van der Waals surface area contributed by atoms with Crippen molar-refractivity contribution in [3.8, 4) is 0 Å². The summed E-state index contributed by atoms with van der Waals surface area (Å²) >= 11 is 0. The van der Waals surface area contributed by atoms with Crippen molar-refractivity contribution in [3.05, 3.63) is 53.8 Å². The molecule has 1 fully saturated rings. The number of piperidine rings is 1. The first-order chi connectivity index (χ1) is 19.3. The number of carbonyl (C=O) groups is 1. The fraction of sp³-hybridized carbons (Fsp3) is 0.444. The highest BCUT2D eigenvalue weighted by Gasteiger charge is 2.27. The number of fused-ring (bicyclic) bond motifs is 1. The van der Waals surface area contributed by atoms with Crippen molar-refractivity contribution in [1.29, 1.82) is 0 Å². The summed E-state index contributed by atoms with van der Waals surface area (Å²) in [6.07, 6.45) is 4.60. The fourth-order valence-electron chi connectivity index (χ4n) is 4.85. The molecule has 13 heteroatoms. The summed E-state index contributed by atoms with van der Waals surface area (Å²) in [5.41, 5.74) is 0.630. The molecule has 0 aliphatic carbocycles. The van der Waals surface area contributed by atoms with Gasteiger partial charge < -0.3 is 29.3 Å². The van der Waals surface area contributed by atoms with E-state index in [1.165, 1.54) is 29.6 Å². The Morgan fingerprint density at radius 3 is 2.67 bits per heavy atom. The van der Waals surface area contributed by atoms with Crippen LogP contribution < -0.4 is 10.2 Å². The molecule has 11 nitrogen and oxygen atoms in total. The summed E-state index contributed by atoms with van der Waals surface area (Å²) < 4.78 is 37.4. The number of halogens is 2. The SMILES string of the molecule is CC(C)c1nc(N2CCC(n3cc(F)c4c(Nc5ccc(C(=O)N(C)CCCO)cc5F)ncnc43)CC2)no1. The number of nitrogens with one attached hydrogen (secondary N) is 1. The summed E-state index contributed by atoms with van der Waals surface area (Å²) in [6, 6.07) is 4.03. The van der Waals surface area contributed by atoms with Crippen LogP contribution >= 0.6 is 0 Å². The highest BCUT2D eigenvalue weighted by Crippen LogP contribution is 2.33. The molecule has 1 aliphatic heterocycles. The van der Waals surface area contributed by atoms with Gasteiger partial charge in [0, 0.05) is 57.0 Å². The molecule has 212 valence electrons. The van der Waals surface area contributed by atoms with Crippen LogP contribution in [0.5, 0.6) is 0 Å². The van der Waals surface area contributed by atoms with Gasteiger partial charge in [-0.3, -0.25) is 4.79 Å². The lowest BCUT2D eigenvalue weighted by Gasteiger charge is -2.31. The number of carbonyl (C=O) groups excluding carboxylic acids is 1. The minimum atomic E-state index is -0.678. The third-order valence-electron chi connectivity index (χ3n) is 7.10. The van der Waals surface area contributed by atoms with E-state index < -0.39 is 11.6 Å². The number of hydrogen-bond acceptors (Lipinski definition) is 9. The molecule has 40 heavy (non-hydrogen) atoms. The molecule has 2 N–H and O–H groups in total. The zero-order chi connectivity index (χ0) is 28.4. The molecule has 0 spiro atoms. The van der Waals surface area contributed by atoms with Gasteiger partial charge in [0.25, 0.3) is 11.9 Å². The first-order valence-electron chi connectivity index (χ1n) is 13.3. The highest BCUT2D eigenvalue weighted by atomic mass is 19.1. The maximum atomic E-state index is 15.3. The third kappa shape index (κ3) is 5.46. The second kappa shape index (κ2) is 11.5. The second-order valence-electron chi connectivity index (χ2n) is 10.2. The second-order valence-corrected chi connectivity index (χ2v) is 10.2. The first kappa shape index (κ1) is 27.4. The van der Waals surface area contributed by atoms with Gasteiger partial charge in [0.2, 0.25) is 5.89 Å². The van der Waals surface area contributed by atoms with Crippen molar-refractivity contribution in [2.45, 2.75) is 45.1 Å². The van der Waals surface area contributed by atoms with Crippen LogP contribution in [-0.2, 0) is 0 Å². The van der Waals surface area contributed by atoms with E-state index in [9.17, 15) is 9.18 Å². The molecule has 0 atom stereocenters. The van der Waals surface area contributed by atoms with Crippen molar-refractivity contribution in [3.63, 3.8) is 0 Å². The van der Waals surface area contributed by atoms with Crippen LogP contribution in [0.4, 0.5) is 26.2 Å². The van der Waals surface area contributed by atoms with Crippen LogP contribution in [0.25, 0.3) is 11.0 Å². The van der Waals surface area contributed by atoms with Gasteiger partial charge in [0.1, 0.15) is 23.6 Å². The van der Waals surface area contributed by atoms with Gasteiger partial charge in [-0.2, -0.15) is 4.98 Å². The molecule has 1 saturated heterocycles. The number of nitrogens with zero attached hydrogens (tertiary/aromatic N) is 7. The Labute approximate surface area is 229 Å². The van der Waals surface area contributed by atoms with E-state index in [4.69, 9.17) is 9.63 Å². The van der Waals surface area contributed by atoms with Gasteiger partial charge in [-0.1, -0.05) is 13.8 Å². The summed E-state index contributed by atoms with van der Waals surface area (Å²) in [6.45, 7) is 5.63. The predicted octanol–water partition coefficient (Wildman–Crippen LogP) is 4.26. The molecule has 0 saturated carbocycles. The Hall–Kier alpha value is -4.13. The van der Waals surface area contributed by atoms with Crippen molar-refractivity contribution < 1.29 is 23.2 Å². The molecule has 0 unspecified atom stereocenters. The molecule has 4 aromatic rings.